The lowest BCUT2D eigenvalue weighted by Crippen LogP contribution is -1.95. The summed E-state index contributed by atoms with van der Waals surface area (Å²) >= 11 is 3.51. The molecule has 4 heteroatoms. The number of nitrogens with zero attached hydrogens (tertiary/aromatic N) is 1. The van der Waals surface area contributed by atoms with Gasteiger partial charge in [-0.05, 0) is 27.1 Å². The first kappa shape index (κ1) is 10.1. The summed E-state index contributed by atoms with van der Waals surface area (Å²) in [6.45, 7) is 0.586. The number of rotatable bonds is 0. The van der Waals surface area contributed by atoms with Crippen LogP contribution in [0.25, 0.3) is 22.2 Å². The first-order chi connectivity index (χ1) is 8.84. The van der Waals surface area contributed by atoms with Crippen LogP contribution in [-0.4, -0.2) is 9.97 Å². The van der Waals surface area contributed by atoms with Gasteiger partial charge in [-0.2, -0.15) is 0 Å². The molecule has 0 saturated carbocycles. The van der Waals surface area contributed by atoms with Crippen LogP contribution < -0.4 is 4.74 Å². The average Bonchev–Trinajstić information content (AvgIpc) is 2.74. The van der Waals surface area contributed by atoms with Gasteiger partial charge in [0.2, 0.25) is 0 Å². The van der Waals surface area contributed by atoms with Crippen molar-refractivity contribution in [1.29, 1.82) is 0 Å². The summed E-state index contributed by atoms with van der Waals surface area (Å²) in [6, 6.07) is 8.31. The normalized spacial score (nSPS) is 12.9. The third kappa shape index (κ3) is 1.26. The molecular formula is C14H9BrN2O. The van der Waals surface area contributed by atoms with Crippen molar-refractivity contribution in [3.05, 3.63) is 46.7 Å². The van der Waals surface area contributed by atoms with Gasteiger partial charge in [0.05, 0.1) is 9.86 Å². The third-order valence-corrected chi connectivity index (χ3v) is 3.85. The molecule has 1 N–H and O–H groups in total. The monoisotopic (exact) mass is 300 g/mol. The van der Waals surface area contributed by atoms with E-state index in [4.69, 9.17) is 4.74 Å². The number of aromatic nitrogens is 2. The highest BCUT2D eigenvalue weighted by atomic mass is 79.9. The lowest BCUT2D eigenvalue weighted by molar-refractivity contribution is 0.310. The number of nitrogens with one attached hydrogen (secondary N) is 1. The standard InChI is InChI=1S/C14H9BrN2O/c15-11-6-17-14-12-10(5-16-14)9-4-2-1-3-8(9)7-18-13(11)12/h1-6H,7H2,(H,16,17). The van der Waals surface area contributed by atoms with E-state index in [2.05, 4.69) is 38.0 Å². The van der Waals surface area contributed by atoms with E-state index in [0.29, 0.717) is 6.61 Å². The predicted octanol–water partition coefficient (Wildman–Crippen LogP) is 3.88. The minimum Gasteiger partial charge on any atom is -0.487 e. The summed E-state index contributed by atoms with van der Waals surface area (Å²) in [5.41, 5.74) is 4.42. The summed E-state index contributed by atoms with van der Waals surface area (Å²) in [5, 5.41) is 1.05. The van der Waals surface area contributed by atoms with E-state index in [0.717, 1.165) is 26.8 Å². The van der Waals surface area contributed by atoms with Crippen molar-refractivity contribution in [2.75, 3.05) is 0 Å². The van der Waals surface area contributed by atoms with E-state index in [-0.39, 0.29) is 0 Å². The molecule has 0 amide bonds. The highest BCUT2D eigenvalue weighted by molar-refractivity contribution is 9.10. The summed E-state index contributed by atoms with van der Waals surface area (Å²) < 4.78 is 6.82. The van der Waals surface area contributed by atoms with Gasteiger partial charge in [-0.3, -0.25) is 0 Å². The molecule has 2 aromatic heterocycles. The number of benzene rings is 1. The van der Waals surface area contributed by atoms with Crippen LogP contribution in [0.15, 0.2) is 41.1 Å². The van der Waals surface area contributed by atoms with Crippen LogP contribution in [0.5, 0.6) is 5.75 Å². The largest absolute Gasteiger partial charge is 0.487 e. The number of hydrogen-bond acceptors (Lipinski definition) is 2. The van der Waals surface area contributed by atoms with E-state index < -0.39 is 0 Å². The molecule has 0 radical (unpaired) electrons. The Morgan fingerprint density at radius 2 is 2.11 bits per heavy atom. The average molecular weight is 301 g/mol. The van der Waals surface area contributed by atoms with E-state index in [1.54, 1.807) is 6.20 Å². The molecule has 3 heterocycles. The van der Waals surface area contributed by atoms with Crippen LogP contribution in [0.3, 0.4) is 0 Å². The molecule has 0 bridgehead atoms. The van der Waals surface area contributed by atoms with Gasteiger partial charge in [0.15, 0.2) is 0 Å². The Hall–Kier alpha value is -1.81. The smallest absolute Gasteiger partial charge is 0.147 e. The van der Waals surface area contributed by atoms with Gasteiger partial charge in [0.1, 0.15) is 18.0 Å². The second-order valence-electron chi connectivity index (χ2n) is 4.31. The minimum absolute atomic E-state index is 0.586. The van der Waals surface area contributed by atoms with Gasteiger partial charge in [0.25, 0.3) is 0 Å². The van der Waals surface area contributed by atoms with Gasteiger partial charge < -0.3 is 9.72 Å². The summed E-state index contributed by atoms with van der Waals surface area (Å²) in [5.74, 6) is 0.868. The third-order valence-electron chi connectivity index (χ3n) is 3.29. The maximum absolute atomic E-state index is 5.93. The minimum atomic E-state index is 0.586. The van der Waals surface area contributed by atoms with Crippen molar-refractivity contribution in [1.82, 2.24) is 9.97 Å². The molecule has 18 heavy (non-hydrogen) atoms. The molecule has 88 valence electrons. The Morgan fingerprint density at radius 3 is 3.06 bits per heavy atom. The number of halogens is 1. The van der Waals surface area contributed by atoms with Crippen molar-refractivity contribution in [3.8, 4) is 16.9 Å². The van der Waals surface area contributed by atoms with Gasteiger partial charge >= 0.3 is 0 Å². The second-order valence-corrected chi connectivity index (χ2v) is 5.16. The van der Waals surface area contributed by atoms with Crippen molar-refractivity contribution < 1.29 is 4.74 Å². The Balaban J connectivity index is 2.16. The number of pyridine rings is 1. The fourth-order valence-electron chi connectivity index (χ4n) is 2.46. The lowest BCUT2D eigenvalue weighted by atomic mass is 10.0. The Morgan fingerprint density at radius 1 is 1.22 bits per heavy atom. The first-order valence-electron chi connectivity index (χ1n) is 5.71. The van der Waals surface area contributed by atoms with Crippen molar-refractivity contribution in [3.63, 3.8) is 0 Å². The van der Waals surface area contributed by atoms with Gasteiger partial charge in [-0.15, -0.1) is 0 Å². The van der Waals surface area contributed by atoms with E-state index >= 15 is 0 Å². The van der Waals surface area contributed by atoms with Gasteiger partial charge in [-0.1, -0.05) is 24.3 Å². The Labute approximate surface area is 112 Å². The first-order valence-corrected chi connectivity index (χ1v) is 6.50. The highest BCUT2D eigenvalue weighted by Gasteiger charge is 2.20. The fraction of sp³-hybridized carbons (Fsp3) is 0.0714. The molecule has 0 fully saturated rings. The molecule has 1 aromatic carbocycles. The molecule has 0 aliphatic carbocycles. The van der Waals surface area contributed by atoms with E-state index in [9.17, 15) is 0 Å². The lowest BCUT2D eigenvalue weighted by Gasteiger charge is -2.07. The fourth-order valence-corrected chi connectivity index (χ4v) is 2.87. The Kier molecular flexibility index (Phi) is 2.02. The molecule has 3 aromatic rings. The number of fused-ring (bicyclic) bond motifs is 2. The number of hydrogen-bond donors (Lipinski definition) is 1. The maximum Gasteiger partial charge on any atom is 0.147 e. The second kappa shape index (κ2) is 3.59. The van der Waals surface area contributed by atoms with Crippen LogP contribution in [0.1, 0.15) is 5.56 Å². The van der Waals surface area contributed by atoms with Crippen LogP contribution in [0.4, 0.5) is 0 Å². The molecule has 1 aliphatic rings. The molecule has 0 atom stereocenters. The summed E-state index contributed by atoms with van der Waals surface area (Å²) in [4.78, 5) is 7.58. The highest BCUT2D eigenvalue weighted by Crippen LogP contribution is 2.42. The van der Waals surface area contributed by atoms with Crippen molar-refractivity contribution in [2.24, 2.45) is 0 Å². The quantitative estimate of drug-likeness (QED) is 0.684. The topological polar surface area (TPSA) is 37.9 Å². The van der Waals surface area contributed by atoms with Crippen LogP contribution in [0, 0.1) is 0 Å². The number of aromatic amines is 1. The maximum atomic E-state index is 5.93. The molecule has 0 saturated heterocycles. The van der Waals surface area contributed by atoms with E-state index in [1.807, 2.05) is 18.3 Å². The zero-order valence-corrected chi connectivity index (χ0v) is 11.0. The van der Waals surface area contributed by atoms with Crippen molar-refractivity contribution in [2.45, 2.75) is 6.61 Å². The Bertz CT molecular complexity index is 764. The summed E-state index contributed by atoms with van der Waals surface area (Å²) in [7, 11) is 0. The summed E-state index contributed by atoms with van der Waals surface area (Å²) in [6.07, 6.45) is 3.77. The van der Waals surface area contributed by atoms with Crippen molar-refractivity contribution >= 4 is 27.0 Å². The molecular weight excluding hydrogens is 292 g/mol. The van der Waals surface area contributed by atoms with Gasteiger partial charge in [0, 0.05) is 18.0 Å². The molecule has 3 nitrogen and oxygen atoms in total. The van der Waals surface area contributed by atoms with Crippen LogP contribution in [0.2, 0.25) is 0 Å². The number of H-pyrrole nitrogens is 1. The molecule has 1 aliphatic heterocycles. The van der Waals surface area contributed by atoms with Gasteiger partial charge in [-0.25, -0.2) is 4.98 Å². The zero-order valence-electron chi connectivity index (χ0n) is 9.40. The SMILES string of the molecule is Brc1cnc2[nH]cc3c2c1OCc1ccccc1-3. The molecule has 0 unspecified atom stereocenters. The van der Waals surface area contributed by atoms with Crippen LogP contribution >= 0.6 is 15.9 Å². The molecule has 0 spiro atoms. The zero-order chi connectivity index (χ0) is 12.1. The van der Waals surface area contributed by atoms with E-state index in [1.165, 1.54) is 11.1 Å². The van der Waals surface area contributed by atoms with Crippen LogP contribution in [-0.2, 0) is 6.61 Å². The predicted molar refractivity (Wildman–Crippen MR) is 73.6 cm³/mol. The number of ether oxygens (including phenoxy) is 1. The molecule has 4 rings (SSSR count).